The van der Waals surface area contributed by atoms with E-state index in [1.165, 1.54) is 12.8 Å². The lowest BCUT2D eigenvalue weighted by molar-refractivity contribution is -0.127. The summed E-state index contributed by atoms with van der Waals surface area (Å²) in [5, 5.41) is 12.2. The van der Waals surface area contributed by atoms with Crippen molar-refractivity contribution in [3.63, 3.8) is 0 Å². The summed E-state index contributed by atoms with van der Waals surface area (Å²) in [6, 6.07) is 0.334. The monoisotopic (exact) mass is 270 g/mol. The largest absolute Gasteiger partial charge is 0.395 e. The molecule has 1 aliphatic carbocycles. The third-order valence-corrected chi connectivity index (χ3v) is 4.05. The van der Waals surface area contributed by atoms with Crippen LogP contribution < -0.4 is 5.32 Å². The van der Waals surface area contributed by atoms with Crippen molar-refractivity contribution in [3.8, 4) is 0 Å². The Labute approximate surface area is 117 Å². The van der Waals surface area contributed by atoms with Crippen LogP contribution in [0.2, 0.25) is 0 Å². The summed E-state index contributed by atoms with van der Waals surface area (Å²) in [6.45, 7) is 7.75. The van der Waals surface area contributed by atoms with Gasteiger partial charge in [-0.25, -0.2) is 0 Å². The van der Waals surface area contributed by atoms with Crippen molar-refractivity contribution in [2.45, 2.75) is 65.0 Å². The van der Waals surface area contributed by atoms with E-state index in [0.29, 0.717) is 18.5 Å². The fourth-order valence-electron chi connectivity index (χ4n) is 2.83. The molecule has 1 amide bonds. The van der Waals surface area contributed by atoms with E-state index in [2.05, 4.69) is 24.1 Å². The molecule has 1 fully saturated rings. The Morgan fingerprint density at radius 2 is 1.95 bits per heavy atom. The second kappa shape index (κ2) is 8.54. The molecule has 2 N–H and O–H groups in total. The van der Waals surface area contributed by atoms with Crippen LogP contribution in [-0.4, -0.2) is 47.7 Å². The second-order valence-corrected chi connectivity index (χ2v) is 6.05. The van der Waals surface area contributed by atoms with Crippen molar-refractivity contribution in [3.05, 3.63) is 0 Å². The highest BCUT2D eigenvalue weighted by Gasteiger charge is 2.29. The summed E-state index contributed by atoms with van der Waals surface area (Å²) in [7, 11) is 0. The predicted octanol–water partition coefficient (Wildman–Crippen LogP) is 1.77. The highest BCUT2D eigenvalue weighted by Crippen LogP contribution is 2.24. The van der Waals surface area contributed by atoms with Gasteiger partial charge in [0.15, 0.2) is 0 Å². The summed E-state index contributed by atoms with van der Waals surface area (Å²) in [5.74, 6) is 0.708. The van der Waals surface area contributed by atoms with Crippen LogP contribution in [0.5, 0.6) is 0 Å². The smallest absolute Gasteiger partial charge is 0.237 e. The molecule has 0 radical (unpaired) electrons. The zero-order chi connectivity index (χ0) is 14.3. The van der Waals surface area contributed by atoms with Gasteiger partial charge in [0.2, 0.25) is 5.91 Å². The maximum atomic E-state index is 12.2. The minimum absolute atomic E-state index is 0.0981. The van der Waals surface area contributed by atoms with Crippen molar-refractivity contribution in [2.75, 3.05) is 19.7 Å². The van der Waals surface area contributed by atoms with Crippen LogP contribution in [0.15, 0.2) is 0 Å². The highest BCUT2D eigenvalue weighted by atomic mass is 16.3. The van der Waals surface area contributed by atoms with Crippen molar-refractivity contribution < 1.29 is 9.90 Å². The lowest BCUT2D eigenvalue weighted by Gasteiger charge is -2.33. The van der Waals surface area contributed by atoms with E-state index in [1.54, 1.807) is 0 Å². The Balaban J connectivity index is 2.45. The van der Waals surface area contributed by atoms with Crippen LogP contribution in [0, 0.1) is 5.92 Å². The molecule has 0 aliphatic heterocycles. The molecule has 0 saturated heterocycles. The van der Waals surface area contributed by atoms with Crippen molar-refractivity contribution in [1.82, 2.24) is 10.2 Å². The highest BCUT2D eigenvalue weighted by molar-refractivity contribution is 5.81. The van der Waals surface area contributed by atoms with E-state index in [1.807, 2.05) is 6.92 Å². The van der Waals surface area contributed by atoms with Gasteiger partial charge in [0, 0.05) is 19.1 Å². The lowest BCUT2D eigenvalue weighted by Crippen LogP contribution is -2.50. The summed E-state index contributed by atoms with van der Waals surface area (Å²) >= 11 is 0. The van der Waals surface area contributed by atoms with E-state index >= 15 is 0 Å². The first-order chi connectivity index (χ1) is 9.06. The van der Waals surface area contributed by atoms with Crippen LogP contribution in [0.1, 0.15) is 52.9 Å². The van der Waals surface area contributed by atoms with Crippen LogP contribution in [0.25, 0.3) is 0 Å². The Kier molecular flexibility index (Phi) is 7.39. The van der Waals surface area contributed by atoms with Gasteiger partial charge in [0.1, 0.15) is 0 Å². The Morgan fingerprint density at radius 3 is 2.47 bits per heavy atom. The summed E-state index contributed by atoms with van der Waals surface area (Å²) < 4.78 is 0. The fraction of sp³-hybridized carbons (Fsp3) is 0.933. The number of amides is 1. The molecule has 1 unspecified atom stereocenters. The number of rotatable bonds is 8. The SMILES string of the molecule is CC(C)CCNC(=O)C(C)N(CCO)C1CCCC1. The minimum atomic E-state index is -0.137. The summed E-state index contributed by atoms with van der Waals surface area (Å²) in [5.41, 5.74) is 0. The summed E-state index contributed by atoms with van der Waals surface area (Å²) in [4.78, 5) is 14.3. The number of nitrogens with zero attached hydrogens (tertiary/aromatic N) is 1. The molecule has 1 aliphatic rings. The third-order valence-electron chi connectivity index (χ3n) is 4.05. The number of aliphatic hydroxyl groups excluding tert-OH is 1. The van der Waals surface area contributed by atoms with Gasteiger partial charge in [-0.15, -0.1) is 0 Å². The van der Waals surface area contributed by atoms with E-state index in [9.17, 15) is 9.90 Å². The fourth-order valence-corrected chi connectivity index (χ4v) is 2.83. The number of nitrogens with one attached hydrogen (secondary N) is 1. The molecule has 0 aromatic heterocycles. The van der Waals surface area contributed by atoms with Crippen LogP contribution in [0.3, 0.4) is 0 Å². The van der Waals surface area contributed by atoms with E-state index in [-0.39, 0.29) is 18.6 Å². The predicted molar refractivity (Wildman–Crippen MR) is 78.0 cm³/mol. The maximum absolute atomic E-state index is 12.2. The van der Waals surface area contributed by atoms with Gasteiger partial charge in [0.25, 0.3) is 0 Å². The third kappa shape index (κ3) is 5.49. The quantitative estimate of drug-likeness (QED) is 0.707. The molecule has 1 atom stereocenters. The molecule has 4 heteroatoms. The summed E-state index contributed by atoms with van der Waals surface area (Å²) in [6.07, 6.45) is 5.82. The number of carbonyl (C=O) groups excluding carboxylic acids is 1. The van der Waals surface area contributed by atoms with Gasteiger partial charge in [-0.1, -0.05) is 26.7 Å². The molecular formula is C15H30N2O2. The molecule has 1 rings (SSSR count). The molecule has 19 heavy (non-hydrogen) atoms. The first-order valence-electron chi connectivity index (χ1n) is 7.70. The normalized spacial score (nSPS) is 18.2. The van der Waals surface area contributed by atoms with Crippen LogP contribution in [-0.2, 0) is 4.79 Å². The zero-order valence-corrected chi connectivity index (χ0v) is 12.7. The molecule has 1 saturated carbocycles. The topological polar surface area (TPSA) is 52.6 Å². The lowest BCUT2D eigenvalue weighted by atomic mass is 10.1. The molecule has 0 aromatic rings. The average molecular weight is 270 g/mol. The van der Waals surface area contributed by atoms with Gasteiger partial charge >= 0.3 is 0 Å². The van der Waals surface area contributed by atoms with E-state index < -0.39 is 0 Å². The van der Waals surface area contributed by atoms with Crippen molar-refractivity contribution in [1.29, 1.82) is 0 Å². The molecule has 0 spiro atoms. The van der Waals surface area contributed by atoms with Gasteiger partial charge < -0.3 is 10.4 Å². The second-order valence-electron chi connectivity index (χ2n) is 6.05. The number of aliphatic hydroxyl groups is 1. The molecule has 0 bridgehead atoms. The van der Waals surface area contributed by atoms with Gasteiger partial charge in [-0.05, 0) is 32.1 Å². The van der Waals surface area contributed by atoms with Crippen molar-refractivity contribution >= 4 is 5.91 Å². The van der Waals surface area contributed by atoms with Crippen molar-refractivity contribution in [2.24, 2.45) is 5.92 Å². The van der Waals surface area contributed by atoms with Gasteiger partial charge in [-0.3, -0.25) is 9.69 Å². The molecule has 112 valence electrons. The Bertz CT molecular complexity index is 263. The minimum Gasteiger partial charge on any atom is -0.395 e. The first-order valence-corrected chi connectivity index (χ1v) is 7.70. The Hall–Kier alpha value is -0.610. The zero-order valence-electron chi connectivity index (χ0n) is 12.7. The number of hydrogen-bond acceptors (Lipinski definition) is 3. The Morgan fingerprint density at radius 1 is 1.32 bits per heavy atom. The van der Waals surface area contributed by atoms with Gasteiger partial charge in [-0.2, -0.15) is 0 Å². The molecule has 0 heterocycles. The van der Waals surface area contributed by atoms with Gasteiger partial charge in [0.05, 0.1) is 12.6 Å². The first kappa shape index (κ1) is 16.4. The average Bonchev–Trinajstić information content (AvgIpc) is 2.88. The molecular weight excluding hydrogens is 240 g/mol. The van der Waals surface area contributed by atoms with Crippen LogP contribution >= 0.6 is 0 Å². The number of carbonyl (C=O) groups is 1. The van der Waals surface area contributed by atoms with E-state index in [4.69, 9.17) is 0 Å². The van der Waals surface area contributed by atoms with Crippen LogP contribution in [0.4, 0.5) is 0 Å². The maximum Gasteiger partial charge on any atom is 0.237 e. The standard InChI is InChI=1S/C15H30N2O2/c1-12(2)8-9-16-15(19)13(3)17(10-11-18)14-6-4-5-7-14/h12-14,18H,4-11H2,1-3H3,(H,16,19). The molecule has 4 nitrogen and oxygen atoms in total. The molecule has 0 aromatic carbocycles. The van der Waals surface area contributed by atoms with E-state index in [0.717, 1.165) is 25.8 Å². The number of hydrogen-bond donors (Lipinski definition) is 2.